The van der Waals surface area contributed by atoms with Crippen molar-refractivity contribution in [3.63, 3.8) is 0 Å². The number of rotatable bonds is 12. The molecule has 0 aliphatic carbocycles. The lowest BCUT2D eigenvalue weighted by atomic mass is 9.91. The molecule has 2 atom stereocenters. The van der Waals surface area contributed by atoms with Crippen LogP contribution in [0.4, 0.5) is 0 Å². The number of carbonyl (C=O) groups is 1. The van der Waals surface area contributed by atoms with E-state index >= 15 is 0 Å². The van der Waals surface area contributed by atoms with Crippen LogP contribution in [0, 0.1) is 0 Å². The Morgan fingerprint density at radius 3 is 2.41 bits per heavy atom. The van der Waals surface area contributed by atoms with Gasteiger partial charge in [-0.1, -0.05) is 42.5 Å². The summed E-state index contributed by atoms with van der Waals surface area (Å²) in [6, 6.07) is 18.1. The Hall–Kier alpha value is -2.37. The number of aryl methyl sites for hydroxylation is 1. The third-order valence-corrected chi connectivity index (χ3v) is 5.16. The maximum atomic E-state index is 12.4. The van der Waals surface area contributed by atoms with E-state index in [4.69, 9.17) is 9.47 Å². The van der Waals surface area contributed by atoms with Crippen LogP contribution < -0.4 is 10.1 Å². The number of carbonyl (C=O) groups excluding carboxylic acids is 1. The Balaban J connectivity index is 1.89. The molecule has 0 radical (unpaired) electrons. The number of esters is 1. The molecule has 2 aromatic carbocycles. The highest BCUT2D eigenvalue weighted by molar-refractivity contribution is 5.79. The number of hydrogen-bond donors (Lipinski definition) is 2. The standard InChI is InChI=1S/C24H33NO4/c1-4-29-23(26)24(27,16-8-9-20-12-14-22(28-3)15-13-20)17-18-25-19(2)21-10-6-5-7-11-21/h5-7,10-15,19,25,27H,4,8-9,16-18H2,1-3H3/t19-,24?/m1/s1. The highest BCUT2D eigenvalue weighted by atomic mass is 16.5. The summed E-state index contributed by atoms with van der Waals surface area (Å²) in [5.74, 6) is 0.277. The summed E-state index contributed by atoms with van der Waals surface area (Å²) >= 11 is 0. The SMILES string of the molecule is CCOC(=O)C(O)(CCCc1ccc(OC)cc1)CCN[C@H](C)c1ccccc1. The van der Waals surface area contributed by atoms with Gasteiger partial charge in [-0.15, -0.1) is 0 Å². The van der Waals surface area contributed by atoms with E-state index in [1.54, 1.807) is 14.0 Å². The maximum Gasteiger partial charge on any atom is 0.338 e. The normalized spacial score (nSPS) is 14.1. The molecule has 2 aromatic rings. The van der Waals surface area contributed by atoms with Crippen LogP contribution in [0.1, 0.15) is 50.3 Å². The first-order chi connectivity index (χ1) is 14.0. The minimum atomic E-state index is -1.48. The lowest BCUT2D eigenvalue weighted by Crippen LogP contribution is -2.43. The molecule has 0 aromatic heterocycles. The molecule has 158 valence electrons. The van der Waals surface area contributed by atoms with E-state index < -0.39 is 11.6 Å². The smallest absolute Gasteiger partial charge is 0.338 e. The fourth-order valence-corrected chi connectivity index (χ4v) is 3.33. The minimum absolute atomic E-state index is 0.141. The van der Waals surface area contributed by atoms with Crippen LogP contribution in [0.15, 0.2) is 54.6 Å². The quantitative estimate of drug-likeness (QED) is 0.527. The lowest BCUT2D eigenvalue weighted by molar-refractivity contribution is -0.166. The molecule has 5 nitrogen and oxygen atoms in total. The van der Waals surface area contributed by atoms with E-state index in [-0.39, 0.29) is 12.6 Å². The summed E-state index contributed by atoms with van der Waals surface area (Å²) in [7, 11) is 1.64. The van der Waals surface area contributed by atoms with Crippen LogP contribution in [0.2, 0.25) is 0 Å². The summed E-state index contributed by atoms with van der Waals surface area (Å²) in [5, 5.41) is 14.4. The van der Waals surface area contributed by atoms with Gasteiger partial charge in [-0.3, -0.25) is 0 Å². The summed E-state index contributed by atoms with van der Waals surface area (Å²) in [5.41, 5.74) is 0.839. The topological polar surface area (TPSA) is 67.8 Å². The summed E-state index contributed by atoms with van der Waals surface area (Å²) in [6.07, 6.45) is 2.14. The van der Waals surface area contributed by atoms with E-state index in [1.165, 1.54) is 5.56 Å². The fourth-order valence-electron chi connectivity index (χ4n) is 3.33. The Bertz CT molecular complexity index is 732. The van der Waals surface area contributed by atoms with Crippen molar-refractivity contribution in [1.29, 1.82) is 0 Å². The van der Waals surface area contributed by atoms with Crippen molar-refractivity contribution in [3.8, 4) is 5.75 Å². The van der Waals surface area contributed by atoms with Gasteiger partial charge < -0.3 is 19.9 Å². The molecule has 0 saturated carbocycles. The highest BCUT2D eigenvalue weighted by Crippen LogP contribution is 2.22. The van der Waals surface area contributed by atoms with E-state index in [1.807, 2.05) is 42.5 Å². The monoisotopic (exact) mass is 399 g/mol. The molecular weight excluding hydrogens is 366 g/mol. The van der Waals surface area contributed by atoms with Gasteiger partial charge in [0.2, 0.25) is 0 Å². The van der Waals surface area contributed by atoms with Crippen LogP contribution >= 0.6 is 0 Å². The summed E-state index contributed by atoms with van der Waals surface area (Å²) in [4.78, 5) is 12.4. The van der Waals surface area contributed by atoms with Crippen molar-refractivity contribution in [2.45, 2.75) is 51.2 Å². The molecule has 1 unspecified atom stereocenters. The van der Waals surface area contributed by atoms with Crippen molar-refractivity contribution in [1.82, 2.24) is 5.32 Å². The molecule has 2 rings (SSSR count). The van der Waals surface area contributed by atoms with Crippen LogP contribution in [0.5, 0.6) is 5.75 Å². The lowest BCUT2D eigenvalue weighted by Gasteiger charge is -2.27. The molecule has 0 heterocycles. The molecule has 0 aliphatic heterocycles. The van der Waals surface area contributed by atoms with Crippen LogP contribution in [-0.4, -0.2) is 36.9 Å². The van der Waals surface area contributed by atoms with E-state index in [0.717, 1.165) is 17.7 Å². The first-order valence-corrected chi connectivity index (χ1v) is 10.3. The maximum absolute atomic E-state index is 12.4. The van der Waals surface area contributed by atoms with Gasteiger partial charge in [0.1, 0.15) is 5.75 Å². The van der Waals surface area contributed by atoms with E-state index in [9.17, 15) is 9.90 Å². The van der Waals surface area contributed by atoms with E-state index in [0.29, 0.717) is 25.8 Å². The third-order valence-electron chi connectivity index (χ3n) is 5.16. The van der Waals surface area contributed by atoms with Gasteiger partial charge in [-0.05, 0) is 69.3 Å². The molecule has 0 saturated heterocycles. The Morgan fingerprint density at radius 2 is 1.79 bits per heavy atom. The number of aliphatic hydroxyl groups is 1. The number of methoxy groups -OCH3 is 1. The first kappa shape index (κ1) is 22.9. The van der Waals surface area contributed by atoms with Gasteiger partial charge in [-0.2, -0.15) is 0 Å². The molecule has 0 aliphatic rings. The first-order valence-electron chi connectivity index (χ1n) is 10.3. The van der Waals surface area contributed by atoms with Crippen molar-refractivity contribution in [3.05, 3.63) is 65.7 Å². The molecule has 0 bridgehead atoms. The second-order valence-corrected chi connectivity index (χ2v) is 7.29. The minimum Gasteiger partial charge on any atom is -0.497 e. The summed E-state index contributed by atoms with van der Waals surface area (Å²) < 4.78 is 10.3. The third kappa shape index (κ3) is 7.18. The molecule has 0 spiro atoms. The molecular formula is C24H33NO4. The predicted octanol–water partition coefficient (Wildman–Crippen LogP) is 4.05. The number of ether oxygens (including phenoxy) is 2. The highest BCUT2D eigenvalue weighted by Gasteiger charge is 2.36. The van der Waals surface area contributed by atoms with Crippen LogP contribution in [0.3, 0.4) is 0 Å². The molecule has 0 amide bonds. The second kappa shape index (κ2) is 11.6. The van der Waals surface area contributed by atoms with Crippen molar-refractivity contribution < 1.29 is 19.4 Å². The largest absolute Gasteiger partial charge is 0.497 e. The Kier molecular flexibility index (Phi) is 9.16. The van der Waals surface area contributed by atoms with Gasteiger partial charge in [-0.25, -0.2) is 4.79 Å². The van der Waals surface area contributed by atoms with Gasteiger partial charge >= 0.3 is 5.97 Å². The Labute approximate surface area is 174 Å². The average molecular weight is 400 g/mol. The molecule has 5 heteroatoms. The number of nitrogens with one attached hydrogen (secondary N) is 1. The zero-order chi connectivity index (χ0) is 21.1. The van der Waals surface area contributed by atoms with Gasteiger partial charge in [0.05, 0.1) is 13.7 Å². The number of hydrogen-bond acceptors (Lipinski definition) is 5. The van der Waals surface area contributed by atoms with Crippen molar-refractivity contribution in [2.75, 3.05) is 20.3 Å². The second-order valence-electron chi connectivity index (χ2n) is 7.29. The van der Waals surface area contributed by atoms with Crippen molar-refractivity contribution in [2.24, 2.45) is 0 Å². The Morgan fingerprint density at radius 1 is 1.10 bits per heavy atom. The van der Waals surface area contributed by atoms with Crippen LogP contribution in [0.25, 0.3) is 0 Å². The van der Waals surface area contributed by atoms with Gasteiger partial charge in [0.25, 0.3) is 0 Å². The van der Waals surface area contributed by atoms with Gasteiger partial charge in [0.15, 0.2) is 5.60 Å². The number of benzene rings is 2. The zero-order valence-corrected chi connectivity index (χ0v) is 17.7. The predicted molar refractivity (Wildman–Crippen MR) is 115 cm³/mol. The summed E-state index contributed by atoms with van der Waals surface area (Å²) in [6.45, 7) is 4.61. The van der Waals surface area contributed by atoms with Crippen LogP contribution in [-0.2, 0) is 16.0 Å². The van der Waals surface area contributed by atoms with Gasteiger partial charge in [0, 0.05) is 6.04 Å². The zero-order valence-electron chi connectivity index (χ0n) is 17.7. The van der Waals surface area contributed by atoms with Crippen molar-refractivity contribution >= 4 is 5.97 Å². The molecule has 29 heavy (non-hydrogen) atoms. The fraction of sp³-hybridized carbons (Fsp3) is 0.458. The average Bonchev–Trinajstić information content (AvgIpc) is 2.75. The molecule has 2 N–H and O–H groups in total. The van der Waals surface area contributed by atoms with E-state index in [2.05, 4.69) is 24.4 Å². The molecule has 0 fully saturated rings.